The minimum Gasteiger partial charge on any atom is -0.374 e. The number of hydrogen-bond donors (Lipinski definition) is 0. The van der Waals surface area contributed by atoms with E-state index in [2.05, 4.69) is 0 Å². The van der Waals surface area contributed by atoms with Crippen LogP contribution >= 0.6 is 0 Å². The van der Waals surface area contributed by atoms with Crippen molar-refractivity contribution in [3.63, 3.8) is 0 Å². The zero-order valence-electron chi connectivity index (χ0n) is 7.59. The van der Waals surface area contributed by atoms with E-state index in [-0.39, 0.29) is 12.4 Å². The quantitative estimate of drug-likeness (QED) is 0.566. The molecular weight excluding hydrogens is 142 g/mol. The molecule has 0 aromatic heterocycles. The molecule has 0 aromatic rings. The van der Waals surface area contributed by atoms with Gasteiger partial charge in [-0.25, -0.2) is 0 Å². The zero-order chi connectivity index (χ0) is 8.69. The summed E-state index contributed by atoms with van der Waals surface area (Å²) in [5, 5.41) is 0. The first-order valence-electron chi connectivity index (χ1n) is 3.91. The number of rotatable bonds is 6. The molecule has 0 heterocycles. The molecule has 0 aromatic carbocycles. The van der Waals surface area contributed by atoms with E-state index in [9.17, 15) is 4.79 Å². The van der Waals surface area contributed by atoms with Gasteiger partial charge in [-0.1, -0.05) is 0 Å². The van der Waals surface area contributed by atoms with Crippen LogP contribution in [0.2, 0.25) is 0 Å². The molecule has 0 fully saturated rings. The number of carbonyl (C=O) groups is 1. The van der Waals surface area contributed by atoms with Gasteiger partial charge in [-0.15, -0.1) is 0 Å². The Bertz CT molecular complexity index is 113. The second-order valence-electron chi connectivity index (χ2n) is 2.73. The molecule has 0 aliphatic heterocycles. The van der Waals surface area contributed by atoms with Gasteiger partial charge in [0.05, 0.1) is 0 Å². The first-order chi connectivity index (χ1) is 5.16. The largest absolute Gasteiger partial charge is 0.374 e. The summed E-state index contributed by atoms with van der Waals surface area (Å²) in [5.74, 6) is 0.181. The van der Waals surface area contributed by atoms with Gasteiger partial charge in [0.2, 0.25) is 0 Å². The molecule has 66 valence electrons. The molecule has 0 aliphatic rings. The third kappa shape index (κ3) is 7.49. The fraction of sp³-hybridized carbons (Fsp3) is 0.875. The highest BCUT2D eigenvalue weighted by Crippen LogP contribution is 1.87. The Morgan fingerprint density at radius 1 is 1.45 bits per heavy atom. The van der Waals surface area contributed by atoms with E-state index in [1.807, 2.05) is 25.9 Å². The molecule has 0 spiro atoms. The summed E-state index contributed by atoms with van der Waals surface area (Å²) in [7, 11) is 3.90. The molecule has 0 unspecified atom stereocenters. The van der Waals surface area contributed by atoms with Crippen LogP contribution in [0.4, 0.5) is 0 Å². The van der Waals surface area contributed by atoms with Gasteiger partial charge in [0.1, 0.15) is 6.61 Å². The van der Waals surface area contributed by atoms with Crippen LogP contribution in [0.3, 0.4) is 0 Å². The Kier molecular flexibility index (Phi) is 6.07. The normalized spacial score (nSPS) is 10.5. The number of Topliss-reactive ketones (excluding diaryl/α,β-unsaturated/α-hetero) is 1. The van der Waals surface area contributed by atoms with Crippen molar-refractivity contribution in [2.24, 2.45) is 0 Å². The van der Waals surface area contributed by atoms with Crippen molar-refractivity contribution in [2.45, 2.75) is 13.3 Å². The minimum absolute atomic E-state index is 0.181. The monoisotopic (exact) mass is 159 g/mol. The average Bonchev–Trinajstić information content (AvgIpc) is 1.97. The maximum absolute atomic E-state index is 11.0. The summed E-state index contributed by atoms with van der Waals surface area (Å²) in [6.07, 6.45) is 0.590. The highest BCUT2D eigenvalue weighted by molar-refractivity contribution is 5.79. The van der Waals surface area contributed by atoms with Crippen LogP contribution in [0.25, 0.3) is 0 Å². The number of ether oxygens (including phenoxy) is 1. The zero-order valence-corrected chi connectivity index (χ0v) is 7.59. The second kappa shape index (κ2) is 6.31. The van der Waals surface area contributed by atoms with Gasteiger partial charge in [0.25, 0.3) is 0 Å². The van der Waals surface area contributed by atoms with E-state index >= 15 is 0 Å². The molecule has 0 aliphatic carbocycles. The highest BCUT2D eigenvalue weighted by Gasteiger charge is 2.01. The van der Waals surface area contributed by atoms with Crippen molar-refractivity contribution < 1.29 is 9.53 Å². The average molecular weight is 159 g/mol. The third-order valence-corrected chi connectivity index (χ3v) is 1.31. The summed E-state index contributed by atoms with van der Waals surface area (Å²) in [5.41, 5.74) is 0. The van der Waals surface area contributed by atoms with Crippen molar-refractivity contribution in [2.75, 3.05) is 33.9 Å². The predicted octanol–water partition coefficient (Wildman–Crippen LogP) is 0.544. The standard InChI is InChI=1S/C8H17NO2/c1-4-11-7-8(10)5-6-9(2)3/h4-7H2,1-3H3. The highest BCUT2D eigenvalue weighted by atomic mass is 16.5. The maximum atomic E-state index is 11.0. The van der Waals surface area contributed by atoms with Gasteiger partial charge in [0, 0.05) is 19.6 Å². The van der Waals surface area contributed by atoms with Gasteiger partial charge in [-0.2, -0.15) is 0 Å². The van der Waals surface area contributed by atoms with Crippen molar-refractivity contribution in [3.05, 3.63) is 0 Å². The lowest BCUT2D eigenvalue weighted by molar-refractivity contribution is -0.123. The van der Waals surface area contributed by atoms with Gasteiger partial charge in [0.15, 0.2) is 5.78 Å². The molecule has 0 rings (SSSR count). The van der Waals surface area contributed by atoms with E-state index in [0.717, 1.165) is 6.54 Å². The smallest absolute Gasteiger partial charge is 0.159 e. The van der Waals surface area contributed by atoms with Gasteiger partial charge in [-0.3, -0.25) is 4.79 Å². The van der Waals surface area contributed by atoms with E-state index in [1.54, 1.807) is 0 Å². The van der Waals surface area contributed by atoms with E-state index in [0.29, 0.717) is 13.0 Å². The van der Waals surface area contributed by atoms with Crippen LogP contribution in [-0.4, -0.2) is 44.5 Å². The van der Waals surface area contributed by atoms with Crippen LogP contribution in [0, 0.1) is 0 Å². The Balaban J connectivity index is 3.23. The first-order valence-corrected chi connectivity index (χ1v) is 3.91. The third-order valence-electron chi connectivity index (χ3n) is 1.31. The molecule has 0 amide bonds. The Morgan fingerprint density at radius 2 is 2.09 bits per heavy atom. The van der Waals surface area contributed by atoms with Crippen LogP contribution in [-0.2, 0) is 9.53 Å². The minimum atomic E-state index is 0.181. The number of hydrogen-bond acceptors (Lipinski definition) is 3. The van der Waals surface area contributed by atoms with Crippen LogP contribution in [0.15, 0.2) is 0 Å². The number of nitrogens with zero attached hydrogens (tertiary/aromatic N) is 1. The predicted molar refractivity (Wildman–Crippen MR) is 44.7 cm³/mol. The molecule has 11 heavy (non-hydrogen) atoms. The van der Waals surface area contributed by atoms with Crippen molar-refractivity contribution in [1.29, 1.82) is 0 Å². The van der Waals surface area contributed by atoms with Gasteiger partial charge >= 0.3 is 0 Å². The molecule has 3 heteroatoms. The molecule has 0 atom stereocenters. The van der Waals surface area contributed by atoms with Crippen molar-refractivity contribution in [3.8, 4) is 0 Å². The lowest BCUT2D eigenvalue weighted by Crippen LogP contribution is -2.19. The van der Waals surface area contributed by atoms with Gasteiger partial charge < -0.3 is 9.64 Å². The van der Waals surface area contributed by atoms with Crippen LogP contribution in [0.5, 0.6) is 0 Å². The molecule has 0 bridgehead atoms. The summed E-state index contributed by atoms with van der Waals surface area (Å²) in [6.45, 7) is 3.59. The summed E-state index contributed by atoms with van der Waals surface area (Å²) in [6, 6.07) is 0. The number of ketones is 1. The molecular formula is C8H17NO2. The molecule has 0 radical (unpaired) electrons. The second-order valence-corrected chi connectivity index (χ2v) is 2.73. The Hall–Kier alpha value is -0.410. The lowest BCUT2D eigenvalue weighted by atomic mass is 10.3. The summed E-state index contributed by atoms with van der Waals surface area (Å²) < 4.78 is 4.96. The molecule has 3 nitrogen and oxygen atoms in total. The topological polar surface area (TPSA) is 29.5 Å². The summed E-state index contributed by atoms with van der Waals surface area (Å²) >= 11 is 0. The Labute approximate surface area is 68.3 Å². The first kappa shape index (κ1) is 10.6. The van der Waals surface area contributed by atoms with Crippen molar-refractivity contribution >= 4 is 5.78 Å². The fourth-order valence-corrected chi connectivity index (χ4v) is 0.636. The fourth-order valence-electron chi connectivity index (χ4n) is 0.636. The SMILES string of the molecule is CCOCC(=O)CCN(C)C. The van der Waals surface area contributed by atoms with E-state index in [1.165, 1.54) is 0 Å². The molecule has 0 saturated carbocycles. The molecule has 0 saturated heterocycles. The Morgan fingerprint density at radius 3 is 2.55 bits per heavy atom. The summed E-state index contributed by atoms with van der Waals surface area (Å²) in [4.78, 5) is 12.9. The van der Waals surface area contributed by atoms with E-state index < -0.39 is 0 Å². The van der Waals surface area contributed by atoms with Crippen molar-refractivity contribution in [1.82, 2.24) is 4.90 Å². The lowest BCUT2D eigenvalue weighted by Gasteiger charge is -2.07. The van der Waals surface area contributed by atoms with Gasteiger partial charge in [-0.05, 0) is 21.0 Å². The van der Waals surface area contributed by atoms with Crippen LogP contribution in [0.1, 0.15) is 13.3 Å². The van der Waals surface area contributed by atoms with Crippen LogP contribution < -0.4 is 0 Å². The van der Waals surface area contributed by atoms with E-state index in [4.69, 9.17) is 4.74 Å². The maximum Gasteiger partial charge on any atom is 0.159 e. The number of carbonyl (C=O) groups excluding carboxylic acids is 1. The molecule has 0 N–H and O–H groups in total.